The lowest BCUT2D eigenvalue weighted by Gasteiger charge is -2.27. The molecule has 4 rings (SSSR count). The van der Waals surface area contributed by atoms with Gasteiger partial charge in [0.25, 0.3) is 0 Å². The van der Waals surface area contributed by atoms with E-state index in [0.717, 1.165) is 11.1 Å². The third-order valence-corrected chi connectivity index (χ3v) is 5.84. The van der Waals surface area contributed by atoms with Crippen LogP contribution >= 0.6 is 0 Å². The SMILES string of the molecule is COc1ccc([C@H]2OC[C@@]3(O)[C@@H]2CO[C@H]3c2ccc(OC)c(OC)c2)cc1OC. The number of methoxy groups -OCH3 is 4. The summed E-state index contributed by atoms with van der Waals surface area (Å²) in [4.78, 5) is 0. The molecule has 2 aliphatic heterocycles. The summed E-state index contributed by atoms with van der Waals surface area (Å²) >= 11 is 0. The van der Waals surface area contributed by atoms with Crippen LogP contribution in [0.1, 0.15) is 23.3 Å². The number of hydrogen-bond donors (Lipinski definition) is 1. The van der Waals surface area contributed by atoms with Gasteiger partial charge in [0.1, 0.15) is 11.7 Å². The molecule has 4 atom stereocenters. The zero-order valence-corrected chi connectivity index (χ0v) is 17.0. The first-order chi connectivity index (χ1) is 14.0. The number of fused-ring (bicyclic) bond motifs is 1. The molecule has 0 aromatic heterocycles. The third-order valence-electron chi connectivity index (χ3n) is 5.84. The van der Waals surface area contributed by atoms with E-state index < -0.39 is 11.7 Å². The predicted molar refractivity (Wildman–Crippen MR) is 105 cm³/mol. The van der Waals surface area contributed by atoms with E-state index in [1.807, 2.05) is 36.4 Å². The summed E-state index contributed by atoms with van der Waals surface area (Å²) < 4.78 is 33.5. The second kappa shape index (κ2) is 7.74. The average Bonchev–Trinajstić information content (AvgIpc) is 3.27. The number of aliphatic hydroxyl groups is 1. The summed E-state index contributed by atoms with van der Waals surface area (Å²) in [6.07, 6.45) is -0.817. The zero-order valence-electron chi connectivity index (χ0n) is 17.0. The van der Waals surface area contributed by atoms with Gasteiger partial charge in [-0.3, -0.25) is 0 Å². The highest BCUT2D eigenvalue weighted by Gasteiger charge is 2.59. The predicted octanol–water partition coefficient (Wildman–Crippen LogP) is 2.91. The van der Waals surface area contributed by atoms with Crippen LogP contribution in [0.5, 0.6) is 23.0 Å². The van der Waals surface area contributed by atoms with Crippen LogP contribution in [0.15, 0.2) is 36.4 Å². The molecule has 7 heteroatoms. The molecule has 2 aliphatic rings. The summed E-state index contributed by atoms with van der Waals surface area (Å²) in [5, 5.41) is 11.5. The van der Waals surface area contributed by atoms with Crippen molar-refractivity contribution in [3.8, 4) is 23.0 Å². The summed E-state index contributed by atoms with van der Waals surface area (Å²) in [6, 6.07) is 11.2. The molecule has 0 spiro atoms. The molecular formula is C22H26O7. The summed E-state index contributed by atoms with van der Waals surface area (Å²) in [5.74, 6) is 2.29. The molecule has 0 saturated carbocycles. The molecule has 0 unspecified atom stereocenters. The lowest BCUT2D eigenvalue weighted by molar-refractivity contribution is -0.0628. The molecule has 2 saturated heterocycles. The van der Waals surface area contributed by atoms with Crippen LogP contribution in [0.25, 0.3) is 0 Å². The monoisotopic (exact) mass is 402 g/mol. The van der Waals surface area contributed by atoms with Gasteiger partial charge in [-0.1, -0.05) is 12.1 Å². The van der Waals surface area contributed by atoms with Crippen LogP contribution in [-0.4, -0.2) is 52.4 Å². The van der Waals surface area contributed by atoms with E-state index in [2.05, 4.69) is 0 Å². The summed E-state index contributed by atoms with van der Waals surface area (Å²) in [5.41, 5.74) is 0.599. The fourth-order valence-corrected chi connectivity index (χ4v) is 4.31. The Balaban J connectivity index is 1.63. The van der Waals surface area contributed by atoms with Crippen LogP contribution in [0.3, 0.4) is 0 Å². The van der Waals surface area contributed by atoms with Gasteiger partial charge in [0.2, 0.25) is 0 Å². The second-order valence-electron chi connectivity index (χ2n) is 7.27. The van der Waals surface area contributed by atoms with E-state index in [1.54, 1.807) is 28.4 Å². The molecule has 156 valence electrons. The highest BCUT2D eigenvalue weighted by Crippen LogP contribution is 2.54. The first-order valence-corrected chi connectivity index (χ1v) is 9.45. The molecular weight excluding hydrogens is 376 g/mol. The van der Waals surface area contributed by atoms with Crippen molar-refractivity contribution in [1.82, 2.24) is 0 Å². The van der Waals surface area contributed by atoms with Crippen molar-refractivity contribution < 1.29 is 33.5 Å². The maximum absolute atomic E-state index is 11.5. The van der Waals surface area contributed by atoms with Crippen molar-refractivity contribution in [2.75, 3.05) is 41.7 Å². The van der Waals surface area contributed by atoms with E-state index in [9.17, 15) is 5.11 Å². The van der Waals surface area contributed by atoms with Gasteiger partial charge in [0.05, 0.1) is 47.8 Å². The molecule has 0 radical (unpaired) electrons. The Hall–Kier alpha value is -2.48. The lowest BCUT2D eigenvalue weighted by atomic mass is 9.81. The summed E-state index contributed by atoms with van der Waals surface area (Å²) in [6.45, 7) is 0.560. The average molecular weight is 402 g/mol. The molecule has 0 amide bonds. The Kier molecular flexibility index (Phi) is 5.29. The zero-order chi connectivity index (χ0) is 20.6. The molecule has 2 fully saturated rings. The molecule has 2 aromatic rings. The topological polar surface area (TPSA) is 75.6 Å². The van der Waals surface area contributed by atoms with Gasteiger partial charge in [-0.25, -0.2) is 0 Å². The molecule has 29 heavy (non-hydrogen) atoms. The van der Waals surface area contributed by atoms with Crippen LogP contribution in [-0.2, 0) is 9.47 Å². The van der Waals surface area contributed by atoms with Gasteiger partial charge in [-0.05, 0) is 35.4 Å². The highest BCUT2D eigenvalue weighted by molar-refractivity contribution is 5.46. The summed E-state index contributed by atoms with van der Waals surface area (Å²) in [7, 11) is 6.37. The fourth-order valence-electron chi connectivity index (χ4n) is 4.31. The van der Waals surface area contributed by atoms with E-state index in [-0.39, 0.29) is 18.6 Å². The standard InChI is InChI=1S/C22H26O7/c1-24-16-7-5-13(9-18(16)26-3)20-15-11-28-21(22(15,23)12-29-20)14-6-8-17(25-2)19(10-14)27-4/h5-10,15,20-21,23H,11-12H2,1-4H3/t15-,20-,21+,22-/m1/s1. The molecule has 0 aliphatic carbocycles. The van der Waals surface area contributed by atoms with Crippen molar-refractivity contribution in [2.24, 2.45) is 5.92 Å². The van der Waals surface area contributed by atoms with E-state index >= 15 is 0 Å². The lowest BCUT2D eigenvalue weighted by Crippen LogP contribution is -2.39. The normalized spacial score (nSPS) is 28.1. The smallest absolute Gasteiger partial charge is 0.161 e. The maximum atomic E-state index is 11.5. The van der Waals surface area contributed by atoms with Crippen LogP contribution < -0.4 is 18.9 Å². The Bertz CT molecular complexity index is 883. The quantitative estimate of drug-likeness (QED) is 0.796. The van der Waals surface area contributed by atoms with E-state index in [0.29, 0.717) is 29.6 Å². The molecule has 2 aromatic carbocycles. The minimum Gasteiger partial charge on any atom is -0.493 e. The van der Waals surface area contributed by atoms with Crippen molar-refractivity contribution >= 4 is 0 Å². The second-order valence-corrected chi connectivity index (χ2v) is 7.27. The highest BCUT2D eigenvalue weighted by atomic mass is 16.6. The minimum absolute atomic E-state index is 0.176. The van der Waals surface area contributed by atoms with Gasteiger partial charge in [0.15, 0.2) is 23.0 Å². The van der Waals surface area contributed by atoms with Crippen LogP contribution in [0.2, 0.25) is 0 Å². The Labute approximate surface area is 170 Å². The van der Waals surface area contributed by atoms with Gasteiger partial charge in [-0.15, -0.1) is 0 Å². The van der Waals surface area contributed by atoms with Crippen molar-refractivity contribution in [3.63, 3.8) is 0 Å². The molecule has 0 bridgehead atoms. The molecule has 2 heterocycles. The van der Waals surface area contributed by atoms with E-state index in [1.165, 1.54) is 0 Å². The Morgan fingerprint density at radius 1 is 0.793 bits per heavy atom. The fraction of sp³-hybridized carbons (Fsp3) is 0.455. The van der Waals surface area contributed by atoms with Gasteiger partial charge in [-0.2, -0.15) is 0 Å². The first kappa shape index (κ1) is 19.8. The van der Waals surface area contributed by atoms with Gasteiger partial charge < -0.3 is 33.5 Å². The molecule has 7 nitrogen and oxygen atoms in total. The van der Waals surface area contributed by atoms with Crippen LogP contribution in [0.4, 0.5) is 0 Å². The molecule has 1 N–H and O–H groups in total. The Morgan fingerprint density at radius 2 is 1.34 bits per heavy atom. The van der Waals surface area contributed by atoms with Crippen LogP contribution in [0, 0.1) is 5.92 Å². The minimum atomic E-state index is -1.14. The third kappa shape index (κ3) is 3.19. The number of hydrogen-bond acceptors (Lipinski definition) is 7. The maximum Gasteiger partial charge on any atom is 0.161 e. The Morgan fingerprint density at radius 3 is 1.93 bits per heavy atom. The van der Waals surface area contributed by atoms with Crippen molar-refractivity contribution in [3.05, 3.63) is 47.5 Å². The number of ether oxygens (including phenoxy) is 6. The van der Waals surface area contributed by atoms with Crippen molar-refractivity contribution in [1.29, 1.82) is 0 Å². The first-order valence-electron chi connectivity index (χ1n) is 9.45. The largest absolute Gasteiger partial charge is 0.493 e. The van der Waals surface area contributed by atoms with Gasteiger partial charge in [0, 0.05) is 5.92 Å². The number of rotatable bonds is 6. The van der Waals surface area contributed by atoms with E-state index in [4.69, 9.17) is 28.4 Å². The van der Waals surface area contributed by atoms with Gasteiger partial charge >= 0.3 is 0 Å². The van der Waals surface area contributed by atoms with Crippen molar-refractivity contribution in [2.45, 2.75) is 17.8 Å². The number of benzene rings is 2.